The van der Waals surface area contributed by atoms with Gasteiger partial charge in [0, 0.05) is 6.54 Å². The van der Waals surface area contributed by atoms with Gasteiger partial charge in [-0.05, 0) is 17.7 Å². The fourth-order valence-electron chi connectivity index (χ4n) is 1.36. The molecule has 6 heteroatoms. The first-order valence-corrected chi connectivity index (χ1v) is 5.80. The first-order chi connectivity index (χ1) is 8.08. The van der Waals surface area contributed by atoms with Gasteiger partial charge in [0.25, 0.3) is 0 Å². The number of thiol groups is 1. The summed E-state index contributed by atoms with van der Waals surface area (Å²) in [7, 11) is 3.12. The van der Waals surface area contributed by atoms with E-state index in [-0.39, 0.29) is 0 Å². The van der Waals surface area contributed by atoms with Crippen molar-refractivity contribution < 1.29 is 14.6 Å². The van der Waals surface area contributed by atoms with E-state index >= 15 is 0 Å². The first-order valence-electron chi connectivity index (χ1n) is 4.95. The predicted molar refractivity (Wildman–Crippen MR) is 74.1 cm³/mol. The highest BCUT2D eigenvalue weighted by Crippen LogP contribution is 2.29. The molecule has 1 unspecified atom stereocenters. The summed E-state index contributed by atoms with van der Waals surface area (Å²) in [5.41, 5.74) is 0.722. The molecular formula is C11H15NO3S2. The molecule has 94 valence electrons. The molecule has 1 atom stereocenters. The van der Waals surface area contributed by atoms with Crippen LogP contribution in [-0.4, -0.2) is 30.2 Å². The summed E-state index contributed by atoms with van der Waals surface area (Å²) in [6.45, 7) is 0.303. The number of methoxy groups -OCH3 is 2. The number of aliphatic hydroxyl groups excluding tert-OH is 1. The molecule has 0 fully saturated rings. The average molecular weight is 273 g/mol. The summed E-state index contributed by atoms with van der Waals surface area (Å²) in [4.78, 5) is 0. The topological polar surface area (TPSA) is 50.7 Å². The highest BCUT2D eigenvalue weighted by Gasteiger charge is 2.11. The smallest absolute Gasteiger partial charge is 0.161 e. The van der Waals surface area contributed by atoms with Crippen LogP contribution in [0.4, 0.5) is 0 Å². The van der Waals surface area contributed by atoms with Crippen molar-refractivity contribution in [3.8, 4) is 11.5 Å². The Morgan fingerprint density at radius 1 is 1.41 bits per heavy atom. The first kappa shape index (κ1) is 14.1. The van der Waals surface area contributed by atoms with Crippen LogP contribution in [0.2, 0.25) is 0 Å². The molecule has 0 spiro atoms. The van der Waals surface area contributed by atoms with E-state index in [1.54, 1.807) is 32.4 Å². The lowest BCUT2D eigenvalue weighted by Gasteiger charge is -2.14. The van der Waals surface area contributed by atoms with Crippen molar-refractivity contribution in [2.45, 2.75) is 6.10 Å². The van der Waals surface area contributed by atoms with Crippen LogP contribution in [0.5, 0.6) is 11.5 Å². The zero-order chi connectivity index (χ0) is 12.8. The zero-order valence-corrected chi connectivity index (χ0v) is 11.3. The second-order valence-corrected chi connectivity index (χ2v) is 4.47. The number of nitrogens with one attached hydrogen (secondary N) is 1. The second kappa shape index (κ2) is 6.68. The molecule has 0 aliphatic heterocycles. The fraction of sp³-hybridized carbons (Fsp3) is 0.364. The van der Waals surface area contributed by atoms with E-state index in [1.807, 2.05) is 0 Å². The predicted octanol–water partition coefficient (Wildman–Crippen LogP) is 1.54. The van der Waals surface area contributed by atoms with E-state index in [0.29, 0.717) is 22.4 Å². The molecule has 0 amide bonds. The van der Waals surface area contributed by atoms with Crippen LogP contribution < -0.4 is 14.8 Å². The van der Waals surface area contributed by atoms with Gasteiger partial charge in [-0.3, -0.25) is 0 Å². The highest BCUT2D eigenvalue weighted by molar-refractivity contribution is 8.11. The van der Waals surface area contributed by atoms with Crippen LogP contribution >= 0.6 is 24.8 Å². The Bertz CT molecular complexity index is 398. The van der Waals surface area contributed by atoms with Crippen LogP contribution in [0.1, 0.15) is 11.7 Å². The maximum atomic E-state index is 9.90. The summed E-state index contributed by atoms with van der Waals surface area (Å²) >= 11 is 8.67. The standard InChI is InChI=1S/C11H15NO3S2/c1-14-9-4-3-7(5-10(9)15-2)8(13)6-12-11(16)17/h3-5,8,13H,6H2,1-2H3,(H2,12,16,17). The fourth-order valence-corrected chi connectivity index (χ4v) is 1.54. The van der Waals surface area contributed by atoms with Crippen LogP contribution in [-0.2, 0) is 0 Å². The minimum Gasteiger partial charge on any atom is -0.493 e. The molecule has 17 heavy (non-hydrogen) atoms. The van der Waals surface area contributed by atoms with E-state index in [9.17, 15) is 5.11 Å². The van der Waals surface area contributed by atoms with Gasteiger partial charge < -0.3 is 19.9 Å². The van der Waals surface area contributed by atoms with Gasteiger partial charge in [0.1, 0.15) is 4.32 Å². The van der Waals surface area contributed by atoms with Gasteiger partial charge in [0.15, 0.2) is 11.5 Å². The van der Waals surface area contributed by atoms with Crippen molar-refractivity contribution >= 4 is 29.2 Å². The third-order valence-corrected chi connectivity index (χ3v) is 2.54. The van der Waals surface area contributed by atoms with Crippen LogP contribution in [0.15, 0.2) is 18.2 Å². The minimum atomic E-state index is -0.681. The molecule has 1 aromatic carbocycles. The molecule has 0 aliphatic carbocycles. The summed E-state index contributed by atoms with van der Waals surface area (Å²) < 4.78 is 10.6. The molecule has 0 saturated carbocycles. The Balaban J connectivity index is 2.80. The van der Waals surface area contributed by atoms with Gasteiger partial charge in [-0.1, -0.05) is 18.3 Å². The maximum Gasteiger partial charge on any atom is 0.161 e. The van der Waals surface area contributed by atoms with Crippen LogP contribution in [0, 0.1) is 0 Å². The number of ether oxygens (including phenoxy) is 2. The molecule has 4 nitrogen and oxygen atoms in total. The zero-order valence-electron chi connectivity index (χ0n) is 9.64. The normalized spacial score (nSPS) is 11.8. The van der Waals surface area contributed by atoms with Gasteiger partial charge >= 0.3 is 0 Å². The van der Waals surface area contributed by atoms with E-state index in [2.05, 4.69) is 17.9 Å². The van der Waals surface area contributed by atoms with Crippen LogP contribution in [0.25, 0.3) is 0 Å². The second-order valence-electron chi connectivity index (χ2n) is 3.32. The summed E-state index contributed by atoms with van der Waals surface area (Å²) in [5, 5.41) is 12.7. The SMILES string of the molecule is COc1ccc(C(O)CNC(=S)S)cc1OC. The third-order valence-electron chi connectivity index (χ3n) is 2.24. The molecule has 0 aliphatic rings. The Morgan fingerprint density at radius 2 is 2.06 bits per heavy atom. The molecule has 0 saturated heterocycles. The number of rotatable bonds is 5. The minimum absolute atomic E-state index is 0.303. The summed E-state index contributed by atoms with van der Waals surface area (Å²) in [5.74, 6) is 1.21. The molecule has 1 rings (SSSR count). The number of hydrogen-bond donors (Lipinski definition) is 3. The lowest BCUT2D eigenvalue weighted by atomic mass is 10.1. The maximum absolute atomic E-state index is 9.90. The Hall–Kier alpha value is -0.980. The lowest BCUT2D eigenvalue weighted by molar-refractivity contribution is 0.181. The van der Waals surface area contributed by atoms with E-state index in [1.165, 1.54) is 0 Å². The van der Waals surface area contributed by atoms with Crippen molar-refractivity contribution in [2.24, 2.45) is 0 Å². The molecule has 0 bridgehead atoms. The lowest BCUT2D eigenvalue weighted by Crippen LogP contribution is -2.23. The Kier molecular flexibility index (Phi) is 5.54. The van der Waals surface area contributed by atoms with Gasteiger partial charge in [-0.15, -0.1) is 12.6 Å². The summed E-state index contributed by atoms with van der Waals surface area (Å²) in [6, 6.07) is 5.25. The average Bonchev–Trinajstić information content (AvgIpc) is 2.34. The molecule has 2 N–H and O–H groups in total. The Labute approximate surface area is 111 Å². The molecule has 0 aromatic heterocycles. The van der Waals surface area contributed by atoms with Crippen LogP contribution in [0.3, 0.4) is 0 Å². The van der Waals surface area contributed by atoms with Gasteiger partial charge in [0.2, 0.25) is 0 Å². The van der Waals surface area contributed by atoms with Crippen molar-refractivity contribution in [1.82, 2.24) is 5.32 Å². The number of thiocarbonyl (C=S) groups is 1. The number of benzene rings is 1. The van der Waals surface area contributed by atoms with Gasteiger partial charge in [-0.2, -0.15) is 0 Å². The number of hydrogen-bond acceptors (Lipinski definition) is 4. The largest absolute Gasteiger partial charge is 0.493 e. The molecule has 0 radical (unpaired) electrons. The summed E-state index contributed by atoms with van der Waals surface area (Å²) in [6.07, 6.45) is -0.681. The van der Waals surface area contributed by atoms with E-state index in [0.717, 1.165) is 5.56 Å². The van der Waals surface area contributed by atoms with Crippen molar-refractivity contribution in [3.63, 3.8) is 0 Å². The molecular weight excluding hydrogens is 258 g/mol. The monoisotopic (exact) mass is 273 g/mol. The Morgan fingerprint density at radius 3 is 2.59 bits per heavy atom. The highest BCUT2D eigenvalue weighted by atomic mass is 32.1. The van der Waals surface area contributed by atoms with E-state index in [4.69, 9.17) is 21.7 Å². The van der Waals surface area contributed by atoms with Gasteiger partial charge in [0.05, 0.1) is 20.3 Å². The van der Waals surface area contributed by atoms with Crippen molar-refractivity contribution in [3.05, 3.63) is 23.8 Å². The molecule has 0 heterocycles. The quantitative estimate of drug-likeness (QED) is 0.561. The van der Waals surface area contributed by atoms with Crippen molar-refractivity contribution in [1.29, 1.82) is 0 Å². The molecule has 1 aromatic rings. The van der Waals surface area contributed by atoms with Gasteiger partial charge in [-0.25, -0.2) is 0 Å². The third kappa shape index (κ3) is 4.07. The number of aliphatic hydroxyl groups is 1. The van der Waals surface area contributed by atoms with E-state index < -0.39 is 6.10 Å². The van der Waals surface area contributed by atoms with Crippen molar-refractivity contribution in [2.75, 3.05) is 20.8 Å².